The Kier molecular flexibility index (Phi) is 16.5. The minimum atomic E-state index is -3.99. The quantitative estimate of drug-likeness (QED) is 0.180. The fourth-order valence-electron chi connectivity index (χ4n) is 5.14. The van der Waals surface area contributed by atoms with E-state index in [2.05, 4.69) is 10.7 Å². The Morgan fingerprint density at radius 2 is 1.49 bits per heavy atom. The van der Waals surface area contributed by atoms with E-state index >= 15 is 0 Å². The highest BCUT2D eigenvalue weighted by molar-refractivity contribution is 7.89. The number of hydrogen-bond donors (Lipinski definition) is 3. The normalized spacial score (nSPS) is 13.1. The summed E-state index contributed by atoms with van der Waals surface area (Å²) in [6.45, 7) is 11.4. The summed E-state index contributed by atoms with van der Waals surface area (Å²) in [7, 11) is -1.21. The van der Waals surface area contributed by atoms with Crippen LogP contribution in [0, 0.1) is 5.92 Å². The maximum absolute atomic E-state index is 13.9. The molecule has 0 aliphatic carbocycles. The largest absolute Gasteiger partial charge is 0.390 e. The number of rotatable bonds is 20. The van der Waals surface area contributed by atoms with Crippen molar-refractivity contribution in [1.82, 2.24) is 25.0 Å². The molecule has 2 aromatic rings. The Labute approximate surface area is 281 Å². The minimum absolute atomic E-state index is 0.0115. The van der Waals surface area contributed by atoms with Gasteiger partial charge in [0, 0.05) is 57.8 Å². The van der Waals surface area contributed by atoms with E-state index in [1.54, 1.807) is 9.91 Å². The number of hydrazine groups is 1. The molecule has 12 heteroatoms. The number of aliphatic hydroxyl groups is 1. The predicted octanol–water partition coefficient (Wildman–Crippen LogP) is 4.08. The van der Waals surface area contributed by atoms with E-state index in [9.17, 15) is 27.9 Å². The van der Waals surface area contributed by atoms with Crippen molar-refractivity contribution in [3.8, 4) is 0 Å². The van der Waals surface area contributed by atoms with Gasteiger partial charge in [-0.3, -0.25) is 19.8 Å². The minimum Gasteiger partial charge on any atom is -0.390 e. The van der Waals surface area contributed by atoms with Crippen LogP contribution < -0.4 is 10.7 Å². The maximum atomic E-state index is 13.9. The van der Waals surface area contributed by atoms with Gasteiger partial charge in [-0.2, -0.15) is 0 Å². The Balaban J connectivity index is 2.51. The molecule has 2 aromatic carbocycles. The molecule has 2 atom stereocenters. The monoisotopic (exact) mass is 673 g/mol. The van der Waals surface area contributed by atoms with E-state index in [1.807, 2.05) is 65.0 Å². The van der Waals surface area contributed by atoms with Gasteiger partial charge in [-0.25, -0.2) is 17.7 Å². The molecule has 47 heavy (non-hydrogen) atoms. The standard InChI is InChI=1S/C35H55N5O6S/c1-8-11-19-40(37-33(42)20-26(4)5)25-32(41)31(21-27-15-13-12-14-16-27)36-34(43)28-22-29(35(44)39(17-9-2)18-10-3)24-30(23-28)47(45,46)38(6)7/h12-16,22-24,26,31-32,41H,8-11,17-21,25H2,1-7H3,(H,36,43)(H,37,42). The van der Waals surface area contributed by atoms with Crippen LogP contribution >= 0.6 is 0 Å². The summed E-state index contributed by atoms with van der Waals surface area (Å²) in [4.78, 5) is 41.6. The molecule has 3 N–H and O–H groups in total. The number of aliphatic hydroxyl groups excluding tert-OH is 1. The molecule has 0 aromatic heterocycles. The number of nitrogens with zero attached hydrogens (tertiary/aromatic N) is 3. The van der Waals surface area contributed by atoms with E-state index in [-0.39, 0.29) is 46.7 Å². The van der Waals surface area contributed by atoms with Gasteiger partial charge in [0.25, 0.3) is 11.8 Å². The lowest BCUT2D eigenvalue weighted by atomic mass is 10.00. The van der Waals surface area contributed by atoms with Crippen molar-refractivity contribution in [1.29, 1.82) is 0 Å². The average Bonchev–Trinajstić information content (AvgIpc) is 3.02. The molecule has 0 heterocycles. The van der Waals surface area contributed by atoms with Crippen LogP contribution in [-0.2, 0) is 21.2 Å². The van der Waals surface area contributed by atoms with Gasteiger partial charge >= 0.3 is 0 Å². The van der Waals surface area contributed by atoms with Gasteiger partial charge in [0.1, 0.15) is 0 Å². The molecule has 2 rings (SSSR count). The number of benzene rings is 2. The van der Waals surface area contributed by atoms with Gasteiger partial charge < -0.3 is 15.3 Å². The zero-order valence-corrected chi connectivity index (χ0v) is 30.0. The van der Waals surface area contributed by atoms with Gasteiger partial charge in [0.2, 0.25) is 15.9 Å². The summed E-state index contributed by atoms with van der Waals surface area (Å²) in [5.74, 6) is -0.972. The molecule has 0 radical (unpaired) electrons. The molecule has 11 nitrogen and oxygen atoms in total. The molecule has 0 fully saturated rings. The fourth-order valence-corrected chi connectivity index (χ4v) is 6.11. The van der Waals surface area contributed by atoms with Crippen molar-refractivity contribution in [3.05, 3.63) is 65.2 Å². The topological polar surface area (TPSA) is 139 Å². The Hall–Kier alpha value is -3.32. The Bertz CT molecular complexity index is 1390. The molecule has 0 saturated heterocycles. The first-order chi connectivity index (χ1) is 22.2. The van der Waals surface area contributed by atoms with Gasteiger partial charge in [0.05, 0.1) is 17.0 Å². The number of carbonyl (C=O) groups excluding carboxylic acids is 3. The van der Waals surface area contributed by atoms with Gasteiger partial charge in [-0.05, 0) is 55.4 Å². The predicted molar refractivity (Wildman–Crippen MR) is 185 cm³/mol. The van der Waals surface area contributed by atoms with Crippen LogP contribution in [0.3, 0.4) is 0 Å². The van der Waals surface area contributed by atoms with Crippen molar-refractivity contribution in [2.75, 3.05) is 40.3 Å². The third-order valence-corrected chi connectivity index (χ3v) is 9.41. The summed E-state index contributed by atoms with van der Waals surface area (Å²) in [6, 6.07) is 12.6. The van der Waals surface area contributed by atoms with Crippen LogP contribution in [0.15, 0.2) is 53.4 Å². The van der Waals surface area contributed by atoms with E-state index < -0.39 is 28.1 Å². The van der Waals surface area contributed by atoms with Crippen molar-refractivity contribution in [2.45, 2.75) is 90.2 Å². The van der Waals surface area contributed by atoms with Crippen molar-refractivity contribution < 1.29 is 27.9 Å². The van der Waals surface area contributed by atoms with E-state index in [0.29, 0.717) is 26.1 Å². The summed E-state index contributed by atoms with van der Waals surface area (Å²) in [5, 5.41) is 16.2. The fraction of sp³-hybridized carbons (Fsp3) is 0.571. The Morgan fingerprint density at radius 3 is 2.04 bits per heavy atom. The van der Waals surface area contributed by atoms with E-state index in [0.717, 1.165) is 35.6 Å². The Morgan fingerprint density at radius 1 is 0.872 bits per heavy atom. The molecule has 262 valence electrons. The van der Waals surface area contributed by atoms with Gasteiger partial charge in [0.15, 0.2) is 0 Å². The molecule has 0 bridgehead atoms. The zero-order chi connectivity index (χ0) is 35.1. The summed E-state index contributed by atoms with van der Waals surface area (Å²) < 4.78 is 27.5. The summed E-state index contributed by atoms with van der Waals surface area (Å²) in [5.41, 5.74) is 3.87. The second-order valence-corrected chi connectivity index (χ2v) is 14.7. The number of unbranched alkanes of at least 4 members (excludes halogenated alkanes) is 1. The number of hydrogen-bond acceptors (Lipinski definition) is 7. The number of amides is 3. The summed E-state index contributed by atoms with van der Waals surface area (Å²) in [6.07, 6.45) is 2.64. The molecule has 0 spiro atoms. The number of nitrogens with one attached hydrogen (secondary N) is 2. The molecule has 2 unspecified atom stereocenters. The molecular weight excluding hydrogens is 618 g/mol. The molecule has 0 aliphatic rings. The number of carbonyl (C=O) groups is 3. The lowest BCUT2D eigenvalue weighted by molar-refractivity contribution is -0.127. The van der Waals surface area contributed by atoms with Crippen LogP contribution in [0.2, 0.25) is 0 Å². The first kappa shape index (κ1) is 39.9. The molecule has 0 saturated carbocycles. The number of sulfonamides is 1. The van der Waals surface area contributed by atoms with Crippen LogP contribution in [-0.4, -0.2) is 97.9 Å². The van der Waals surface area contributed by atoms with Crippen LogP contribution in [0.1, 0.15) is 93.0 Å². The maximum Gasteiger partial charge on any atom is 0.253 e. The van der Waals surface area contributed by atoms with Crippen LogP contribution in [0.25, 0.3) is 0 Å². The third-order valence-electron chi connectivity index (χ3n) is 7.61. The van der Waals surface area contributed by atoms with Crippen LogP contribution in [0.4, 0.5) is 0 Å². The third kappa shape index (κ3) is 12.7. The van der Waals surface area contributed by atoms with E-state index in [1.165, 1.54) is 32.3 Å². The van der Waals surface area contributed by atoms with Crippen molar-refractivity contribution >= 4 is 27.7 Å². The first-order valence-corrected chi connectivity index (χ1v) is 18.1. The summed E-state index contributed by atoms with van der Waals surface area (Å²) >= 11 is 0. The van der Waals surface area contributed by atoms with Gasteiger partial charge in [-0.15, -0.1) is 0 Å². The van der Waals surface area contributed by atoms with Gasteiger partial charge in [-0.1, -0.05) is 71.4 Å². The highest BCUT2D eigenvalue weighted by Crippen LogP contribution is 2.21. The highest BCUT2D eigenvalue weighted by Gasteiger charge is 2.28. The average molecular weight is 674 g/mol. The van der Waals surface area contributed by atoms with Crippen molar-refractivity contribution in [3.63, 3.8) is 0 Å². The lowest BCUT2D eigenvalue weighted by Gasteiger charge is -2.31. The smallest absolute Gasteiger partial charge is 0.253 e. The second-order valence-electron chi connectivity index (χ2n) is 12.6. The molecule has 0 aliphatic heterocycles. The van der Waals surface area contributed by atoms with Crippen LogP contribution in [0.5, 0.6) is 0 Å². The second kappa shape index (κ2) is 19.5. The highest BCUT2D eigenvalue weighted by atomic mass is 32.2. The first-order valence-electron chi connectivity index (χ1n) is 16.7. The molecule has 3 amide bonds. The van der Waals surface area contributed by atoms with E-state index in [4.69, 9.17) is 0 Å². The molecular formula is C35H55N5O6S. The SMILES string of the molecule is CCCCN(CC(O)C(Cc1ccccc1)NC(=O)c1cc(C(=O)N(CCC)CCC)cc(S(=O)(=O)N(C)C)c1)NC(=O)CC(C)C. The van der Waals surface area contributed by atoms with Crippen molar-refractivity contribution in [2.24, 2.45) is 5.92 Å². The lowest BCUT2D eigenvalue weighted by Crippen LogP contribution is -2.53. The zero-order valence-electron chi connectivity index (χ0n) is 29.2.